The molecule has 1 unspecified atom stereocenters. The summed E-state index contributed by atoms with van der Waals surface area (Å²) in [4.78, 5) is 4.36. The summed E-state index contributed by atoms with van der Waals surface area (Å²) in [5, 5.41) is 9.73. The number of hydrogen-bond acceptors (Lipinski definition) is 3. The average molecular weight is 192 g/mol. The molecule has 14 heavy (non-hydrogen) atoms. The summed E-state index contributed by atoms with van der Waals surface area (Å²) in [7, 11) is 0. The normalized spacial score (nSPS) is 16.7. The van der Waals surface area contributed by atoms with Crippen LogP contribution in [0.3, 0.4) is 0 Å². The lowest BCUT2D eigenvalue weighted by molar-refractivity contribution is 0.170. The Morgan fingerprint density at radius 2 is 2.36 bits per heavy atom. The Morgan fingerprint density at radius 3 is 3.14 bits per heavy atom. The van der Waals surface area contributed by atoms with Crippen molar-refractivity contribution in [1.82, 2.24) is 4.98 Å². The van der Waals surface area contributed by atoms with Gasteiger partial charge in [0.25, 0.3) is 0 Å². The molecule has 0 aromatic carbocycles. The van der Waals surface area contributed by atoms with Crippen molar-refractivity contribution in [3.63, 3.8) is 0 Å². The Labute approximate surface area is 84.0 Å². The van der Waals surface area contributed by atoms with E-state index in [2.05, 4.69) is 11.1 Å². The lowest BCUT2D eigenvalue weighted by atomic mass is 10.1. The SMILES string of the molecule is NCCC(O)c1cnc2c(c1)CCC2. The zero-order valence-corrected chi connectivity index (χ0v) is 8.24. The van der Waals surface area contributed by atoms with Crippen molar-refractivity contribution in [2.75, 3.05) is 6.54 Å². The van der Waals surface area contributed by atoms with Gasteiger partial charge in [0.2, 0.25) is 0 Å². The highest BCUT2D eigenvalue weighted by molar-refractivity contribution is 5.29. The number of aliphatic hydroxyl groups is 1. The molecule has 3 N–H and O–H groups in total. The molecule has 76 valence electrons. The molecule has 0 radical (unpaired) electrons. The summed E-state index contributed by atoms with van der Waals surface area (Å²) in [5.74, 6) is 0. The lowest BCUT2D eigenvalue weighted by Gasteiger charge is -2.10. The molecule has 3 nitrogen and oxygen atoms in total. The summed E-state index contributed by atoms with van der Waals surface area (Å²) in [6.07, 6.45) is 5.33. The van der Waals surface area contributed by atoms with E-state index in [1.165, 1.54) is 17.7 Å². The fraction of sp³-hybridized carbons (Fsp3) is 0.545. The Kier molecular flexibility index (Phi) is 2.79. The van der Waals surface area contributed by atoms with E-state index in [1.54, 1.807) is 6.20 Å². The summed E-state index contributed by atoms with van der Waals surface area (Å²) in [6, 6.07) is 2.08. The molecular formula is C11H16N2O. The van der Waals surface area contributed by atoms with Crippen molar-refractivity contribution in [2.45, 2.75) is 31.8 Å². The number of nitrogens with zero attached hydrogens (tertiary/aromatic N) is 1. The van der Waals surface area contributed by atoms with Gasteiger partial charge in [0, 0.05) is 11.9 Å². The highest BCUT2D eigenvalue weighted by atomic mass is 16.3. The molecule has 0 fully saturated rings. The van der Waals surface area contributed by atoms with Crippen LogP contribution in [-0.4, -0.2) is 16.6 Å². The zero-order valence-electron chi connectivity index (χ0n) is 8.24. The Balaban J connectivity index is 2.19. The molecule has 0 aliphatic heterocycles. The first kappa shape index (κ1) is 9.62. The summed E-state index contributed by atoms with van der Waals surface area (Å²) in [6.45, 7) is 0.512. The predicted molar refractivity (Wildman–Crippen MR) is 54.9 cm³/mol. The van der Waals surface area contributed by atoms with Crippen LogP contribution in [0.1, 0.15) is 35.8 Å². The van der Waals surface area contributed by atoms with Gasteiger partial charge >= 0.3 is 0 Å². The number of aryl methyl sites for hydroxylation is 2. The van der Waals surface area contributed by atoms with E-state index < -0.39 is 6.10 Å². The van der Waals surface area contributed by atoms with Gasteiger partial charge < -0.3 is 10.8 Å². The number of hydrogen-bond donors (Lipinski definition) is 2. The van der Waals surface area contributed by atoms with Gasteiger partial charge in [0.1, 0.15) is 0 Å². The molecule has 0 saturated carbocycles. The summed E-state index contributed by atoms with van der Waals surface area (Å²) < 4.78 is 0. The van der Waals surface area contributed by atoms with E-state index in [0.29, 0.717) is 13.0 Å². The molecule has 0 amide bonds. The van der Waals surface area contributed by atoms with Crippen LogP contribution in [0, 0.1) is 0 Å². The number of rotatable bonds is 3. The van der Waals surface area contributed by atoms with Crippen LogP contribution >= 0.6 is 0 Å². The Morgan fingerprint density at radius 1 is 1.50 bits per heavy atom. The highest BCUT2D eigenvalue weighted by Gasteiger charge is 2.15. The van der Waals surface area contributed by atoms with Crippen molar-refractivity contribution in [2.24, 2.45) is 5.73 Å². The topological polar surface area (TPSA) is 59.1 Å². The van der Waals surface area contributed by atoms with Gasteiger partial charge in [-0.2, -0.15) is 0 Å². The van der Waals surface area contributed by atoms with Gasteiger partial charge in [-0.25, -0.2) is 0 Å². The minimum atomic E-state index is -0.446. The first-order valence-corrected chi connectivity index (χ1v) is 5.17. The highest BCUT2D eigenvalue weighted by Crippen LogP contribution is 2.24. The van der Waals surface area contributed by atoms with Crippen molar-refractivity contribution in [3.8, 4) is 0 Å². The Hall–Kier alpha value is -0.930. The maximum Gasteiger partial charge on any atom is 0.0817 e. The third kappa shape index (κ3) is 1.79. The molecule has 1 atom stereocenters. The molecule has 2 rings (SSSR count). The van der Waals surface area contributed by atoms with Crippen molar-refractivity contribution >= 4 is 0 Å². The monoisotopic (exact) mass is 192 g/mol. The van der Waals surface area contributed by atoms with Crippen LogP contribution in [0.25, 0.3) is 0 Å². The maximum atomic E-state index is 9.73. The third-order valence-corrected chi connectivity index (χ3v) is 2.77. The van der Waals surface area contributed by atoms with Crippen LogP contribution < -0.4 is 5.73 Å². The fourth-order valence-electron chi connectivity index (χ4n) is 1.95. The second-order valence-electron chi connectivity index (χ2n) is 3.82. The van der Waals surface area contributed by atoms with Gasteiger partial charge in [-0.3, -0.25) is 4.98 Å². The molecule has 1 heterocycles. The van der Waals surface area contributed by atoms with E-state index in [9.17, 15) is 5.11 Å². The number of pyridine rings is 1. The smallest absolute Gasteiger partial charge is 0.0817 e. The second kappa shape index (κ2) is 4.07. The van der Waals surface area contributed by atoms with E-state index in [0.717, 1.165) is 18.4 Å². The fourth-order valence-corrected chi connectivity index (χ4v) is 1.95. The van der Waals surface area contributed by atoms with E-state index in [-0.39, 0.29) is 0 Å². The molecular weight excluding hydrogens is 176 g/mol. The minimum Gasteiger partial charge on any atom is -0.388 e. The number of nitrogens with two attached hydrogens (primary N) is 1. The van der Waals surface area contributed by atoms with Gasteiger partial charge in [-0.05, 0) is 49.4 Å². The molecule has 0 bridgehead atoms. The molecule has 1 aliphatic carbocycles. The standard InChI is InChI=1S/C11H16N2O/c12-5-4-11(14)9-6-8-2-1-3-10(8)13-7-9/h6-7,11,14H,1-5,12H2. The molecule has 0 spiro atoms. The molecule has 1 aromatic heterocycles. The van der Waals surface area contributed by atoms with E-state index >= 15 is 0 Å². The Bertz CT molecular complexity index is 325. The summed E-state index contributed by atoms with van der Waals surface area (Å²) >= 11 is 0. The van der Waals surface area contributed by atoms with E-state index in [4.69, 9.17) is 5.73 Å². The largest absolute Gasteiger partial charge is 0.388 e. The van der Waals surface area contributed by atoms with Crippen molar-refractivity contribution < 1.29 is 5.11 Å². The summed E-state index contributed by atoms with van der Waals surface area (Å²) in [5.41, 5.74) is 8.82. The van der Waals surface area contributed by atoms with Crippen LogP contribution in [0.5, 0.6) is 0 Å². The number of aliphatic hydroxyl groups excluding tert-OH is 1. The average Bonchev–Trinajstić information content (AvgIpc) is 2.64. The molecule has 1 aromatic rings. The van der Waals surface area contributed by atoms with Crippen molar-refractivity contribution in [1.29, 1.82) is 0 Å². The van der Waals surface area contributed by atoms with Gasteiger partial charge in [0.15, 0.2) is 0 Å². The van der Waals surface area contributed by atoms with Gasteiger partial charge in [-0.1, -0.05) is 0 Å². The molecule has 1 aliphatic rings. The second-order valence-corrected chi connectivity index (χ2v) is 3.82. The predicted octanol–water partition coefficient (Wildman–Crippen LogP) is 0.953. The van der Waals surface area contributed by atoms with E-state index in [1.807, 2.05) is 0 Å². The molecule has 0 saturated heterocycles. The molecule has 3 heteroatoms. The van der Waals surface area contributed by atoms with Gasteiger partial charge in [-0.15, -0.1) is 0 Å². The van der Waals surface area contributed by atoms with Crippen LogP contribution in [-0.2, 0) is 12.8 Å². The van der Waals surface area contributed by atoms with Crippen LogP contribution in [0.4, 0.5) is 0 Å². The first-order chi connectivity index (χ1) is 6.81. The third-order valence-electron chi connectivity index (χ3n) is 2.77. The van der Waals surface area contributed by atoms with Crippen LogP contribution in [0.15, 0.2) is 12.3 Å². The minimum absolute atomic E-state index is 0.446. The van der Waals surface area contributed by atoms with Crippen molar-refractivity contribution in [3.05, 3.63) is 29.1 Å². The quantitative estimate of drug-likeness (QED) is 0.749. The first-order valence-electron chi connectivity index (χ1n) is 5.17. The number of aromatic nitrogens is 1. The maximum absolute atomic E-state index is 9.73. The van der Waals surface area contributed by atoms with Crippen LogP contribution in [0.2, 0.25) is 0 Å². The zero-order chi connectivity index (χ0) is 9.97. The lowest BCUT2D eigenvalue weighted by Crippen LogP contribution is -2.07. The van der Waals surface area contributed by atoms with Gasteiger partial charge in [0.05, 0.1) is 6.10 Å². The number of fused-ring (bicyclic) bond motifs is 1.